The SMILES string of the molecule is COc1nc(C=Cc2nc3n(n2)CCC[C@@H]3c2ccc(F)c(F)c2)ccc1-n1cnc(C)c1. The zero-order valence-corrected chi connectivity index (χ0v) is 18.2. The number of fused-ring (bicyclic) bond motifs is 1. The van der Waals surface area contributed by atoms with Crippen LogP contribution < -0.4 is 4.74 Å². The van der Waals surface area contributed by atoms with Gasteiger partial charge in [-0.25, -0.2) is 28.4 Å². The molecule has 1 atom stereocenters. The van der Waals surface area contributed by atoms with E-state index in [0.29, 0.717) is 23.0 Å². The number of methoxy groups -OCH3 is 1. The molecule has 5 rings (SSSR count). The summed E-state index contributed by atoms with van der Waals surface area (Å²) in [7, 11) is 1.58. The van der Waals surface area contributed by atoms with Crippen molar-refractivity contribution in [1.29, 1.82) is 0 Å². The van der Waals surface area contributed by atoms with Gasteiger partial charge >= 0.3 is 0 Å². The lowest BCUT2D eigenvalue weighted by atomic mass is 9.91. The van der Waals surface area contributed by atoms with Crippen LogP contribution >= 0.6 is 0 Å². The fourth-order valence-corrected chi connectivity index (χ4v) is 4.08. The second-order valence-electron chi connectivity index (χ2n) is 7.94. The van der Waals surface area contributed by atoms with Gasteiger partial charge < -0.3 is 9.30 Å². The van der Waals surface area contributed by atoms with Gasteiger partial charge in [0.25, 0.3) is 0 Å². The van der Waals surface area contributed by atoms with Gasteiger partial charge in [-0.3, -0.25) is 0 Å². The maximum Gasteiger partial charge on any atom is 0.238 e. The molecule has 0 fully saturated rings. The molecule has 0 radical (unpaired) electrons. The average molecular weight is 448 g/mol. The Hall–Kier alpha value is -3.88. The first-order valence-electron chi connectivity index (χ1n) is 10.7. The van der Waals surface area contributed by atoms with E-state index in [0.717, 1.165) is 42.7 Å². The van der Waals surface area contributed by atoms with Crippen LogP contribution in [-0.2, 0) is 6.54 Å². The number of aromatic nitrogens is 6. The quantitative estimate of drug-likeness (QED) is 0.448. The van der Waals surface area contributed by atoms with Gasteiger partial charge in [0.2, 0.25) is 5.88 Å². The number of imidazole rings is 1. The van der Waals surface area contributed by atoms with E-state index in [4.69, 9.17) is 4.74 Å². The van der Waals surface area contributed by atoms with E-state index in [-0.39, 0.29) is 5.92 Å². The second kappa shape index (κ2) is 8.57. The maximum absolute atomic E-state index is 13.8. The van der Waals surface area contributed by atoms with Crippen LogP contribution in [0.4, 0.5) is 8.78 Å². The van der Waals surface area contributed by atoms with Crippen molar-refractivity contribution < 1.29 is 13.5 Å². The summed E-state index contributed by atoms with van der Waals surface area (Å²) >= 11 is 0. The minimum atomic E-state index is -0.850. The van der Waals surface area contributed by atoms with Crippen LogP contribution in [0, 0.1) is 18.6 Å². The predicted octanol–water partition coefficient (Wildman–Crippen LogP) is 4.55. The third-order valence-corrected chi connectivity index (χ3v) is 5.69. The molecule has 1 aliphatic rings. The second-order valence-corrected chi connectivity index (χ2v) is 7.94. The van der Waals surface area contributed by atoms with Crippen molar-refractivity contribution in [2.75, 3.05) is 7.11 Å². The number of benzene rings is 1. The Balaban J connectivity index is 1.41. The van der Waals surface area contributed by atoms with Gasteiger partial charge in [-0.1, -0.05) is 6.07 Å². The highest BCUT2D eigenvalue weighted by molar-refractivity contribution is 5.65. The topological polar surface area (TPSA) is 70.7 Å². The molecule has 0 amide bonds. The summed E-state index contributed by atoms with van der Waals surface area (Å²) in [4.78, 5) is 13.5. The molecule has 0 N–H and O–H groups in total. The lowest BCUT2D eigenvalue weighted by Crippen LogP contribution is -2.18. The van der Waals surface area contributed by atoms with E-state index in [1.54, 1.807) is 25.6 Å². The van der Waals surface area contributed by atoms with Crippen LogP contribution in [0.25, 0.3) is 17.8 Å². The van der Waals surface area contributed by atoms with Gasteiger partial charge in [-0.15, -0.1) is 0 Å². The number of ether oxygens (including phenoxy) is 1. The van der Waals surface area contributed by atoms with Crippen molar-refractivity contribution in [3.8, 4) is 11.6 Å². The normalized spacial score (nSPS) is 15.7. The van der Waals surface area contributed by atoms with Crippen molar-refractivity contribution in [3.63, 3.8) is 0 Å². The summed E-state index contributed by atoms with van der Waals surface area (Å²) in [6.45, 7) is 2.66. The zero-order valence-electron chi connectivity index (χ0n) is 18.2. The molecule has 1 aromatic carbocycles. The minimum absolute atomic E-state index is 0.125. The van der Waals surface area contributed by atoms with E-state index < -0.39 is 11.6 Å². The smallest absolute Gasteiger partial charge is 0.238 e. The van der Waals surface area contributed by atoms with Crippen LogP contribution in [0.3, 0.4) is 0 Å². The van der Waals surface area contributed by atoms with Crippen LogP contribution in [0.2, 0.25) is 0 Å². The molecule has 3 aromatic heterocycles. The molecule has 0 unspecified atom stereocenters. The molecule has 4 aromatic rings. The molecule has 9 heteroatoms. The van der Waals surface area contributed by atoms with Gasteiger partial charge in [-0.2, -0.15) is 5.10 Å². The highest BCUT2D eigenvalue weighted by atomic mass is 19.2. The number of nitrogens with zero attached hydrogens (tertiary/aromatic N) is 6. The Kier molecular flexibility index (Phi) is 5.45. The highest BCUT2D eigenvalue weighted by Crippen LogP contribution is 2.33. The van der Waals surface area contributed by atoms with Gasteiger partial charge in [0.1, 0.15) is 11.5 Å². The largest absolute Gasteiger partial charge is 0.479 e. The molecule has 0 saturated heterocycles. The molecular weight excluding hydrogens is 426 g/mol. The number of hydrogen-bond donors (Lipinski definition) is 0. The first-order valence-corrected chi connectivity index (χ1v) is 10.7. The summed E-state index contributed by atoms with van der Waals surface area (Å²) in [6, 6.07) is 7.82. The van der Waals surface area contributed by atoms with Crippen LogP contribution in [-0.4, -0.2) is 36.4 Å². The Morgan fingerprint density at radius 1 is 1.09 bits per heavy atom. The Labute approximate surface area is 189 Å². The molecule has 7 nitrogen and oxygen atoms in total. The molecule has 168 valence electrons. The third-order valence-electron chi connectivity index (χ3n) is 5.69. The van der Waals surface area contributed by atoms with E-state index in [2.05, 4.69) is 20.1 Å². The number of aryl methyl sites for hydroxylation is 2. The summed E-state index contributed by atoms with van der Waals surface area (Å²) in [5, 5.41) is 4.57. The molecule has 4 heterocycles. The van der Waals surface area contributed by atoms with Crippen molar-refractivity contribution in [3.05, 3.63) is 83.1 Å². The average Bonchev–Trinajstić information content (AvgIpc) is 3.45. The number of hydrogen-bond acceptors (Lipinski definition) is 5. The van der Waals surface area contributed by atoms with Crippen molar-refractivity contribution in [1.82, 2.24) is 29.3 Å². The molecular formula is C24H22F2N6O. The standard InChI is InChI=1S/C24H22F2N6O/c1-15-13-31(14-27-15)21-9-6-17(28-24(21)33-2)7-10-22-29-23-18(4-3-11-32(23)30-22)16-5-8-19(25)20(26)12-16/h5-10,12-14,18H,3-4,11H2,1-2H3/t18-/m1/s1. The van der Waals surface area contributed by atoms with E-state index in [1.165, 1.54) is 6.07 Å². The fourth-order valence-electron chi connectivity index (χ4n) is 4.08. The first-order chi connectivity index (χ1) is 16.0. The number of pyridine rings is 1. The van der Waals surface area contributed by atoms with E-state index in [1.807, 2.05) is 40.6 Å². The third kappa shape index (κ3) is 4.13. The van der Waals surface area contributed by atoms with E-state index in [9.17, 15) is 8.78 Å². The fraction of sp³-hybridized carbons (Fsp3) is 0.250. The summed E-state index contributed by atoms with van der Waals surface area (Å²) in [6.07, 6.45) is 8.92. The van der Waals surface area contributed by atoms with Gasteiger partial charge in [0.05, 0.1) is 24.8 Å². The summed E-state index contributed by atoms with van der Waals surface area (Å²) in [5.41, 5.74) is 3.09. The van der Waals surface area contributed by atoms with Crippen molar-refractivity contribution in [2.24, 2.45) is 0 Å². The number of rotatable bonds is 5. The van der Waals surface area contributed by atoms with Crippen molar-refractivity contribution in [2.45, 2.75) is 32.2 Å². The molecule has 0 aliphatic carbocycles. The highest BCUT2D eigenvalue weighted by Gasteiger charge is 2.26. The molecule has 33 heavy (non-hydrogen) atoms. The zero-order chi connectivity index (χ0) is 22.9. The van der Waals surface area contributed by atoms with Crippen LogP contribution in [0.5, 0.6) is 5.88 Å². The van der Waals surface area contributed by atoms with Gasteiger partial charge in [-0.05, 0) is 61.7 Å². The minimum Gasteiger partial charge on any atom is -0.479 e. The lowest BCUT2D eigenvalue weighted by molar-refractivity contribution is 0.395. The Bertz CT molecular complexity index is 1340. The van der Waals surface area contributed by atoms with Crippen molar-refractivity contribution >= 4 is 12.2 Å². The molecule has 1 aliphatic heterocycles. The van der Waals surface area contributed by atoms with Gasteiger partial charge in [0.15, 0.2) is 17.5 Å². The Morgan fingerprint density at radius 2 is 1.97 bits per heavy atom. The predicted molar refractivity (Wildman–Crippen MR) is 119 cm³/mol. The monoisotopic (exact) mass is 448 g/mol. The summed E-state index contributed by atoms with van der Waals surface area (Å²) < 4.78 is 36.3. The molecule has 0 bridgehead atoms. The summed E-state index contributed by atoms with van der Waals surface area (Å²) in [5.74, 6) is -0.0575. The first kappa shape index (κ1) is 21.0. The van der Waals surface area contributed by atoms with E-state index >= 15 is 0 Å². The molecule has 0 spiro atoms. The Morgan fingerprint density at radius 3 is 2.73 bits per heavy atom. The lowest BCUT2D eigenvalue weighted by Gasteiger charge is -2.22. The van der Waals surface area contributed by atoms with Crippen LogP contribution in [0.1, 0.15) is 47.4 Å². The molecule has 0 saturated carbocycles. The van der Waals surface area contributed by atoms with Gasteiger partial charge in [0, 0.05) is 18.7 Å². The maximum atomic E-state index is 13.8. The van der Waals surface area contributed by atoms with Crippen LogP contribution in [0.15, 0.2) is 42.9 Å². The number of halogens is 2.